The SMILES string of the molecule is CCC(C)(C)c1ccc(CC(C)CN2CC(C)OI(C)C2)cc1. The van der Waals surface area contributed by atoms with Gasteiger partial charge in [0, 0.05) is 0 Å². The Morgan fingerprint density at radius 2 is 1.96 bits per heavy atom. The third-order valence-electron chi connectivity index (χ3n) is 4.93. The van der Waals surface area contributed by atoms with Crippen LogP contribution in [0.15, 0.2) is 24.3 Å². The molecule has 2 nitrogen and oxygen atoms in total. The topological polar surface area (TPSA) is 12.5 Å². The van der Waals surface area contributed by atoms with Gasteiger partial charge in [-0.3, -0.25) is 0 Å². The van der Waals surface area contributed by atoms with Crippen molar-refractivity contribution in [1.29, 1.82) is 0 Å². The van der Waals surface area contributed by atoms with Crippen LogP contribution in [-0.2, 0) is 14.9 Å². The minimum atomic E-state index is -1.13. The average molecular weight is 431 g/mol. The minimum absolute atomic E-state index is 0.287. The Labute approximate surface area is 150 Å². The van der Waals surface area contributed by atoms with Crippen LogP contribution >= 0.6 is 20.2 Å². The van der Waals surface area contributed by atoms with E-state index in [0.29, 0.717) is 12.0 Å². The second-order valence-electron chi connectivity index (χ2n) is 7.83. The number of benzene rings is 1. The van der Waals surface area contributed by atoms with Gasteiger partial charge in [0.25, 0.3) is 0 Å². The van der Waals surface area contributed by atoms with Crippen molar-refractivity contribution in [3.8, 4) is 0 Å². The van der Waals surface area contributed by atoms with Crippen molar-refractivity contribution in [2.24, 2.45) is 5.92 Å². The predicted octanol–water partition coefficient (Wildman–Crippen LogP) is 5.28. The number of alkyl halides is 2. The Kier molecular flexibility index (Phi) is 6.93. The fraction of sp³-hybridized carbons (Fsp3) is 0.700. The maximum absolute atomic E-state index is 5.99. The van der Waals surface area contributed by atoms with Gasteiger partial charge in [0.15, 0.2) is 0 Å². The summed E-state index contributed by atoms with van der Waals surface area (Å²) in [5.41, 5.74) is 3.22. The van der Waals surface area contributed by atoms with Crippen LogP contribution in [0.4, 0.5) is 0 Å². The van der Waals surface area contributed by atoms with Gasteiger partial charge in [-0.2, -0.15) is 0 Å². The van der Waals surface area contributed by atoms with E-state index in [1.54, 1.807) is 0 Å². The van der Waals surface area contributed by atoms with Crippen molar-refractivity contribution < 1.29 is 3.07 Å². The van der Waals surface area contributed by atoms with Gasteiger partial charge in [0.1, 0.15) is 0 Å². The third-order valence-corrected chi connectivity index (χ3v) is 8.59. The molecule has 1 aliphatic heterocycles. The molecular weight excluding hydrogens is 397 g/mol. The van der Waals surface area contributed by atoms with Crippen LogP contribution in [0.3, 0.4) is 0 Å². The van der Waals surface area contributed by atoms with Crippen molar-refractivity contribution in [1.82, 2.24) is 4.90 Å². The molecule has 1 aliphatic rings. The molecule has 0 aliphatic carbocycles. The summed E-state index contributed by atoms with van der Waals surface area (Å²) in [6, 6.07) is 9.34. The van der Waals surface area contributed by atoms with E-state index in [1.165, 1.54) is 35.1 Å². The molecule has 0 radical (unpaired) electrons. The predicted molar refractivity (Wildman–Crippen MR) is 110 cm³/mol. The molecule has 0 saturated carbocycles. The molecule has 1 saturated heterocycles. The van der Waals surface area contributed by atoms with Crippen LogP contribution < -0.4 is 0 Å². The number of hydrogen-bond acceptors (Lipinski definition) is 2. The van der Waals surface area contributed by atoms with E-state index in [-0.39, 0.29) is 5.41 Å². The van der Waals surface area contributed by atoms with Gasteiger partial charge >= 0.3 is 151 Å². The monoisotopic (exact) mass is 431 g/mol. The molecule has 0 bridgehead atoms. The standard InChI is InChI=1S/C20H34INO/c1-7-20(4,5)19-10-8-18(9-11-19)12-16(2)13-22-14-17(3)23-21(6)15-22/h8-11,16-17H,7,12-15H2,1-6H3. The zero-order valence-electron chi connectivity index (χ0n) is 15.7. The van der Waals surface area contributed by atoms with Gasteiger partial charge < -0.3 is 0 Å². The van der Waals surface area contributed by atoms with Crippen LogP contribution in [0.1, 0.15) is 52.2 Å². The Morgan fingerprint density at radius 1 is 1.30 bits per heavy atom. The molecule has 1 heterocycles. The first kappa shape index (κ1) is 19.2. The van der Waals surface area contributed by atoms with Crippen LogP contribution in [0.25, 0.3) is 0 Å². The third kappa shape index (κ3) is 5.71. The van der Waals surface area contributed by atoms with Gasteiger partial charge in [-0.1, -0.05) is 0 Å². The van der Waals surface area contributed by atoms with Crippen LogP contribution in [0, 0.1) is 5.92 Å². The summed E-state index contributed by atoms with van der Waals surface area (Å²) in [6.45, 7) is 13.8. The molecule has 3 heteroatoms. The molecule has 0 N–H and O–H groups in total. The van der Waals surface area contributed by atoms with E-state index < -0.39 is 20.2 Å². The van der Waals surface area contributed by atoms with E-state index in [9.17, 15) is 0 Å². The van der Waals surface area contributed by atoms with Gasteiger partial charge in [0.05, 0.1) is 0 Å². The molecular formula is C20H34INO. The summed E-state index contributed by atoms with van der Waals surface area (Å²) in [6.07, 6.45) is 2.79. The van der Waals surface area contributed by atoms with Gasteiger partial charge in [-0.05, 0) is 0 Å². The normalized spacial score (nSPS) is 23.0. The van der Waals surface area contributed by atoms with Crippen molar-refractivity contribution in [3.63, 3.8) is 0 Å². The first-order valence-corrected chi connectivity index (χ1v) is 13.4. The van der Waals surface area contributed by atoms with E-state index >= 15 is 0 Å². The average Bonchev–Trinajstić information content (AvgIpc) is 2.46. The second kappa shape index (κ2) is 8.30. The molecule has 2 rings (SSSR count). The van der Waals surface area contributed by atoms with Crippen LogP contribution in [0.2, 0.25) is 0 Å². The van der Waals surface area contributed by atoms with Gasteiger partial charge in [0.2, 0.25) is 0 Å². The summed E-state index contributed by atoms with van der Waals surface area (Å²) in [4.78, 5) is 4.98. The first-order valence-electron chi connectivity index (χ1n) is 8.85. The van der Waals surface area contributed by atoms with E-state index in [0.717, 1.165) is 6.54 Å². The van der Waals surface area contributed by atoms with Crippen molar-refractivity contribution in [3.05, 3.63) is 35.4 Å². The summed E-state index contributed by atoms with van der Waals surface area (Å²) < 4.78 is 7.21. The molecule has 1 fully saturated rings. The second-order valence-corrected chi connectivity index (χ2v) is 12.0. The number of halogens is 1. The summed E-state index contributed by atoms with van der Waals surface area (Å²) >= 11 is -1.13. The Bertz CT molecular complexity index is 475. The number of hydrogen-bond donors (Lipinski definition) is 0. The number of rotatable bonds is 6. The molecule has 0 aromatic heterocycles. The van der Waals surface area contributed by atoms with Crippen molar-refractivity contribution in [2.45, 2.75) is 59.0 Å². The van der Waals surface area contributed by atoms with Gasteiger partial charge in [-0.25, -0.2) is 0 Å². The molecule has 132 valence electrons. The zero-order valence-corrected chi connectivity index (χ0v) is 17.9. The maximum atomic E-state index is 5.99. The van der Waals surface area contributed by atoms with E-state index in [2.05, 4.69) is 68.7 Å². The summed E-state index contributed by atoms with van der Waals surface area (Å²) in [7, 11) is 0. The fourth-order valence-corrected chi connectivity index (χ4v) is 7.01. The molecule has 1 aromatic carbocycles. The zero-order chi connectivity index (χ0) is 17.0. The molecule has 0 spiro atoms. The Morgan fingerprint density at radius 3 is 2.52 bits per heavy atom. The molecule has 1 aromatic rings. The van der Waals surface area contributed by atoms with E-state index in [4.69, 9.17) is 3.07 Å². The fourth-order valence-electron chi connectivity index (χ4n) is 3.29. The first-order chi connectivity index (χ1) is 10.8. The van der Waals surface area contributed by atoms with E-state index in [1.807, 2.05) is 0 Å². The van der Waals surface area contributed by atoms with Crippen LogP contribution in [0.5, 0.6) is 0 Å². The molecule has 23 heavy (non-hydrogen) atoms. The summed E-state index contributed by atoms with van der Waals surface area (Å²) in [5, 5.41) is 0. The number of nitrogens with zero attached hydrogens (tertiary/aromatic N) is 1. The Balaban J connectivity index is 1.89. The molecule has 2 atom stereocenters. The molecule has 0 amide bonds. The molecule has 2 unspecified atom stereocenters. The summed E-state index contributed by atoms with van der Waals surface area (Å²) in [5.74, 6) is 0.703. The quantitative estimate of drug-likeness (QED) is 0.345. The van der Waals surface area contributed by atoms with Gasteiger partial charge in [-0.15, -0.1) is 0 Å². The van der Waals surface area contributed by atoms with Crippen molar-refractivity contribution in [2.75, 3.05) is 22.6 Å². The van der Waals surface area contributed by atoms with Crippen molar-refractivity contribution >= 4 is 20.2 Å². The van der Waals surface area contributed by atoms with Crippen LogP contribution in [-0.4, -0.2) is 33.6 Å². The Hall–Kier alpha value is -0.130.